The number of nitrogens with zero attached hydrogens (tertiary/aromatic N) is 3. The van der Waals surface area contributed by atoms with Crippen LogP contribution in [0.2, 0.25) is 0 Å². The Morgan fingerprint density at radius 2 is 1.86 bits per heavy atom. The molecular formula is C13H19N5O3. The van der Waals surface area contributed by atoms with E-state index in [1.54, 1.807) is 7.05 Å². The van der Waals surface area contributed by atoms with E-state index in [2.05, 4.69) is 15.3 Å². The summed E-state index contributed by atoms with van der Waals surface area (Å²) in [4.78, 5) is 31.2. The first-order valence-electron chi connectivity index (χ1n) is 7.07. The van der Waals surface area contributed by atoms with Gasteiger partial charge in [-0.05, 0) is 25.7 Å². The van der Waals surface area contributed by atoms with Crippen LogP contribution in [0.25, 0.3) is 11.2 Å². The SMILES string of the molecule is Cn1c(=O)c2[nH]c(NC3CCC(O)CC3)nc2n(C)c1=O. The highest BCUT2D eigenvalue weighted by molar-refractivity contribution is 5.72. The van der Waals surface area contributed by atoms with E-state index in [4.69, 9.17) is 0 Å². The van der Waals surface area contributed by atoms with E-state index in [0.29, 0.717) is 17.1 Å². The molecule has 3 N–H and O–H groups in total. The van der Waals surface area contributed by atoms with Gasteiger partial charge < -0.3 is 15.4 Å². The minimum absolute atomic E-state index is 0.216. The van der Waals surface area contributed by atoms with Gasteiger partial charge in [-0.15, -0.1) is 0 Å². The zero-order valence-corrected chi connectivity index (χ0v) is 12.1. The molecule has 8 heteroatoms. The number of aromatic nitrogens is 4. The molecule has 0 unspecified atom stereocenters. The Kier molecular flexibility index (Phi) is 3.32. The van der Waals surface area contributed by atoms with Gasteiger partial charge in [0.25, 0.3) is 5.56 Å². The molecule has 1 saturated carbocycles. The second-order valence-electron chi connectivity index (χ2n) is 5.64. The minimum Gasteiger partial charge on any atom is -0.393 e. The third-order valence-electron chi connectivity index (χ3n) is 4.13. The van der Waals surface area contributed by atoms with Crippen LogP contribution in [-0.2, 0) is 14.1 Å². The molecule has 8 nitrogen and oxygen atoms in total. The summed E-state index contributed by atoms with van der Waals surface area (Å²) in [7, 11) is 3.03. The van der Waals surface area contributed by atoms with Gasteiger partial charge in [-0.2, -0.15) is 4.98 Å². The molecule has 1 aliphatic rings. The average Bonchev–Trinajstić information content (AvgIpc) is 2.89. The summed E-state index contributed by atoms with van der Waals surface area (Å²) < 4.78 is 2.41. The third kappa shape index (κ3) is 2.35. The van der Waals surface area contributed by atoms with Gasteiger partial charge in [0.05, 0.1) is 6.10 Å². The van der Waals surface area contributed by atoms with Gasteiger partial charge in [-0.3, -0.25) is 13.9 Å². The molecule has 0 aliphatic heterocycles. The molecule has 0 amide bonds. The molecular weight excluding hydrogens is 274 g/mol. The fourth-order valence-electron chi connectivity index (χ4n) is 2.81. The molecule has 114 valence electrons. The van der Waals surface area contributed by atoms with Crippen molar-refractivity contribution in [3.63, 3.8) is 0 Å². The standard InChI is InChI=1S/C13H19N5O3/c1-17-10-9(11(20)18(2)13(17)21)15-12(16-10)14-7-3-5-8(19)6-4-7/h7-8,19H,3-6H2,1-2H3,(H2,14,15,16). The van der Waals surface area contributed by atoms with Crippen LogP contribution in [0.1, 0.15) is 25.7 Å². The minimum atomic E-state index is -0.397. The van der Waals surface area contributed by atoms with E-state index in [9.17, 15) is 14.7 Å². The lowest BCUT2D eigenvalue weighted by atomic mass is 9.93. The molecule has 0 bridgehead atoms. The number of nitrogens with one attached hydrogen (secondary N) is 2. The zero-order valence-electron chi connectivity index (χ0n) is 12.1. The van der Waals surface area contributed by atoms with Gasteiger partial charge in [0.2, 0.25) is 5.95 Å². The number of aryl methyl sites for hydroxylation is 1. The van der Waals surface area contributed by atoms with E-state index in [1.807, 2.05) is 0 Å². The summed E-state index contributed by atoms with van der Waals surface area (Å²) in [6.45, 7) is 0. The van der Waals surface area contributed by atoms with Crippen molar-refractivity contribution in [2.75, 3.05) is 5.32 Å². The van der Waals surface area contributed by atoms with Crippen LogP contribution >= 0.6 is 0 Å². The molecule has 0 saturated heterocycles. The molecule has 3 rings (SSSR count). The Hall–Kier alpha value is -2.09. The number of hydrogen-bond donors (Lipinski definition) is 3. The average molecular weight is 293 g/mol. The molecule has 0 radical (unpaired) electrons. The molecule has 0 aromatic carbocycles. The first-order chi connectivity index (χ1) is 9.97. The Morgan fingerprint density at radius 3 is 2.52 bits per heavy atom. The smallest absolute Gasteiger partial charge is 0.332 e. The van der Waals surface area contributed by atoms with Crippen molar-refractivity contribution in [1.29, 1.82) is 0 Å². The lowest BCUT2D eigenvalue weighted by molar-refractivity contribution is 0.126. The lowest BCUT2D eigenvalue weighted by Crippen LogP contribution is -2.36. The first kappa shape index (κ1) is 13.9. The Balaban J connectivity index is 1.95. The van der Waals surface area contributed by atoms with Crippen LogP contribution < -0.4 is 16.6 Å². The number of aliphatic hydroxyl groups is 1. The van der Waals surface area contributed by atoms with Crippen LogP contribution in [-0.4, -0.2) is 36.4 Å². The number of anilines is 1. The van der Waals surface area contributed by atoms with Crippen molar-refractivity contribution in [2.24, 2.45) is 14.1 Å². The lowest BCUT2D eigenvalue weighted by Gasteiger charge is -2.25. The Bertz CT molecular complexity index is 779. The number of fused-ring (bicyclic) bond motifs is 1. The predicted octanol–water partition coefficient (Wildman–Crippen LogP) is -0.324. The van der Waals surface area contributed by atoms with Gasteiger partial charge >= 0.3 is 5.69 Å². The Labute approximate surface area is 120 Å². The molecule has 0 atom stereocenters. The molecule has 2 aromatic heterocycles. The van der Waals surface area contributed by atoms with E-state index in [-0.39, 0.29) is 17.7 Å². The van der Waals surface area contributed by atoms with E-state index >= 15 is 0 Å². The largest absolute Gasteiger partial charge is 0.393 e. The molecule has 2 aromatic rings. The summed E-state index contributed by atoms with van der Waals surface area (Å²) in [5, 5.41) is 12.8. The van der Waals surface area contributed by atoms with Gasteiger partial charge in [-0.1, -0.05) is 0 Å². The number of imidazole rings is 1. The normalized spacial score (nSPS) is 22.6. The summed E-state index contributed by atoms with van der Waals surface area (Å²) in [5.74, 6) is 0.490. The van der Waals surface area contributed by atoms with Crippen LogP contribution in [0, 0.1) is 0 Å². The van der Waals surface area contributed by atoms with Crippen LogP contribution in [0.15, 0.2) is 9.59 Å². The van der Waals surface area contributed by atoms with Gasteiger partial charge in [-0.25, -0.2) is 4.79 Å². The highest BCUT2D eigenvalue weighted by Gasteiger charge is 2.21. The summed E-state index contributed by atoms with van der Waals surface area (Å²) in [6, 6.07) is 0.217. The molecule has 21 heavy (non-hydrogen) atoms. The van der Waals surface area contributed by atoms with E-state index < -0.39 is 5.69 Å². The van der Waals surface area contributed by atoms with Crippen molar-refractivity contribution < 1.29 is 5.11 Å². The van der Waals surface area contributed by atoms with Crippen molar-refractivity contribution in [1.82, 2.24) is 19.1 Å². The van der Waals surface area contributed by atoms with Crippen molar-refractivity contribution in [3.8, 4) is 0 Å². The van der Waals surface area contributed by atoms with E-state index in [0.717, 1.165) is 30.3 Å². The van der Waals surface area contributed by atoms with Gasteiger partial charge in [0.15, 0.2) is 11.2 Å². The first-order valence-corrected chi connectivity index (χ1v) is 7.07. The highest BCUT2D eigenvalue weighted by Crippen LogP contribution is 2.21. The maximum atomic E-state index is 12.1. The number of aromatic amines is 1. The summed E-state index contributed by atoms with van der Waals surface area (Å²) in [6.07, 6.45) is 3.02. The van der Waals surface area contributed by atoms with Gasteiger partial charge in [0.1, 0.15) is 0 Å². The van der Waals surface area contributed by atoms with Crippen molar-refractivity contribution >= 4 is 17.1 Å². The van der Waals surface area contributed by atoms with Crippen molar-refractivity contribution in [3.05, 3.63) is 20.8 Å². The second-order valence-corrected chi connectivity index (χ2v) is 5.64. The topological polar surface area (TPSA) is 105 Å². The number of hydrogen-bond acceptors (Lipinski definition) is 5. The predicted molar refractivity (Wildman–Crippen MR) is 78.5 cm³/mol. The summed E-state index contributed by atoms with van der Waals surface area (Å²) >= 11 is 0. The number of aliphatic hydroxyl groups excluding tert-OH is 1. The Morgan fingerprint density at radius 1 is 1.19 bits per heavy atom. The van der Waals surface area contributed by atoms with Crippen LogP contribution in [0.3, 0.4) is 0 Å². The fraction of sp³-hybridized carbons (Fsp3) is 0.615. The van der Waals surface area contributed by atoms with E-state index in [1.165, 1.54) is 11.6 Å². The van der Waals surface area contributed by atoms with Crippen LogP contribution in [0.5, 0.6) is 0 Å². The fourth-order valence-corrected chi connectivity index (χ4v) is 2.81. The molecule has 0 spiro atoms. The molecule has 2 heterocycles. The zero-order chi connectivity index (χ0) is 15.1. The highest BCUT2D eigenvalue weighted by atomic mass is 16.3. The monoisotopic (exact) mass is 293 g/mol. The summed E-state index contributed by atoms with van der Waals surface area (Å²) in [5.41, 5.74) is -0.113. The van der Waals surface area contributed by atoms with Crippen LogP contribution in [0.4, 0.5) is 5.95 Å². The maximum Gasteiger partial charge on any atom is 0.332 e. The second kappa shape index (κ2) is 5.03. The molecule has 1 fully saturated rings. The number of rotatable bonds is 2. The van der Waals surface area contributed by atoms with Crippen molar-refractivity contribution in [2.45, 2.75) is 37.8 Å². The third-order valence-corrected chi connectivity index (χ3v) is 4.13. The molecule has 1 aliphatic carbocycles. The number of H-pyrrole nitrogens is 1. The maximum absolute atomic E-state index is 12.1. The van der Waals surface area contributed by atoms with Gasteiger partial charge in [0, 0.05) is 20.1 Å². The quantitative estimate of drug-likeness (QED) is 0.703.